The Labute approximate surface area is 184 Å². The van der Waals surface area contributed by atoms with Crippen LogP contribution in [0.5, 0.6) is 0 Å². The van der Waals surface area contributed by atoms with Gasteiger partial charge in [0, 0.05) is 30.4 Å². The van der Waals surface area contributed by atoms with Gasteiger partial charge in [-0.15, -0.1) is 0 Å². The monoisotopic (exact) mass is 426 g/mol. The molecule has 7 nitrogen and oxygen atoms in total. The van der Waals surface area contributed by atoms with Gasteiger partial charge in [-0.05, 0) is 77.6 Å². The number of ether oxygens (including phenoxy) is 1. The van der Waals surface area contributed by atoms with Crippen LogP contribution in [-0.4, -0.2) is 51.4 Å². The van der Waals surface area contributed by atoms with E-state index in [1.165, 1.54) is 0 Å². The van der Waals surface area contributed by atoms with Gasteiger partial charge in [0.2, 0.25) is 0 Å². The predicted molar refractivity (Wildman–Crippen MR) is 120 cm³/mol. The largest absolute Gasteiger partial charge is 0.444 e. The van der Waals surface area contributed by atoms with Crippen LogP contribution in [0.15, 0.2) is 30.3 Å². The van der Waals surface area contributed by atoms with Crippen LogP contribution in [0.1, 0.15) is 67.3 Å². The molecule has 0 aliphatic heterocycles. The first-order chi connectivity index (χ1) is 14.6. The average Bonchev–Trinajstić information content (AvgIpc) is 3.45. The number of benzene rings is 1. The van der Waals surface area contributed by atoms with Gasteiger partial charge in [0.15, 0.2) is 0 Å². The number of nitrogens with zero attached hydrogens (tertiary/aromatic N) is 3. The molecule has 0 radical (unpaired) electrons. The third-order valence-corrected chi connectivity index (χ3v) is 5.10. The van der Waals surface area contributed by atoms with Gasteiger partial charge in [-0.25, -0.2) is 4.79 Å². The molecule has 1 saturated carbocycles. The first-order valence-corrected chi connectivity index (χ1v) is 11.0. The second-order valence-electron chi connectivity index (χ2n) is 9.30. The number of hydrogen-bond donors (Lipinski definition) is 1. The van der Waals surface area contributed by atoms with Crippen LogP contribution in [-0.2, 0) is 11.3 Å². The molecule has 0 atom stereocenters. The fourth-order valence-corrected chi connectivity index (χ4v) is 3.50. The van der Waals surface area contributed by atoms with Crippen LogP contribution in [0.3, 0.4) is 0 Å². The summed E-state index contributed by atoms with van der Waals surface area (Å²) in [6, 6.07) is 9.94. The molecule has 0 unspecified atom stereocenters. The number of aryl methyl sites for hydroxylation is 2. The number of nitrogens with one attached hydrogen (secondary N) is 1. The zero-order valence-corrected chi connectivity index (χ0v) is 19.3. The quantitative estimate of drug-likeness (QED) is 0.646. The summed E-state index contributed by atoms with van der Waals surface area (Å²) < 4.78 is 7.45. The van der Waals surface area contributed by atoms with Crippen molar-refractivity contribution in [1.82, 2.24) is 20.0 Å². The molecular weight excluding hydrogens is 392 g/mol. The SMILES string of the molecule is Cc1cc(C)n(Cc2cccc(C(=O)NCCCN(C(=O)OC(C)(C)C)C3CC3)c2)n1. The molecule has 0 saturated heterocycles. The fraction of sp³-hybridized carbons (Fsp3) is 0.542. The van der Waals surface area contributed by atoms with Crippen LogP contribution in [0.4, 0.5) is 4.79 Å². The number of carbonyl (C=O) groups excluding carboxylic acids is 2. The van der Waals surface area contributed by atoms with Crippen molar-refractivity contribution in [3.63, 3.8) is 0 Å². The molecule has 0 spiro atoms. The minimum Gasteiger partial charge on any atom is -0.444 e. The molecule has 1 fully saturated rings. The molecule has 3 rings (SSSR count). The highest BCUT2D eigenvalue weighted by Gasteiger charge is 2.34. The molecule has 7 heteroatoms. The third kappa shape index (κ3) is 6.84. The lowest BCUT2D eigenvalue weighted by Gasteiger charge is -2.27. The molecule has 1 aliphatic carbocycles. The lowest BCUT2D eigenvalue weighted by atomic mass is 10.1. The minimum absolute atomic E-state index is 0.106. The summed E-state index contributed by atoms with van der Waals surface area (Å²) >= 11 is 0. The van der Waals surface area contributed by atoms with E-state index in [1.54, 1.807) is 4.90 Å². The van der Waals surface area contributed by atoms with Gasteiger partial charge in [0.05, 0.1) is 12.2 Å². The Morgan fingerprint density at radius 3 is 2.58 bits per heavy atom. The van der Waals surface area contributed by atoms with Crippen molar-refractivity contribution in [2.75, 3.05) is 13.1 Å². The highest BCUT2D eigenvalue weighted by molar-refractivity contribution is 5.94. The lowest BCUT2D eigenvalue weighted by molar-refractivity contribution is 0.0232. The van der Waals surface area contributed by atoms with Crippen molar-refractivity contribution in [3.05, 3.63) is 52.8 Å². The van der Waals surface area contributed by atoms with Gasteiger partial charge in [-0.2, -0.15) is 5.10 Å². The summed E-state index contributed by atoms with van der Waals surface area (Å²) in [6.45, 7) is 11.3. The van der Waals surface area contributed by atoms with E-state index >= 15 is 0 Å². The number of amides is 2. The lowest BCUT2D eigenvalue weighted by Crippen LogP contribution is -2.39. The van der Waals surface area contributed by atoms with Crippen LogP contribution < -0.4 is 5.32 Å². The van der Waals surface area contributed by atoms with Crippen LogP contribution >= 0.6 is 0 Å². The normalized spacial score (nSPS) is 13.7. The zero-order chi connectivity index (χ0) is 22.6. The van der Waals surface area contributed by atoms with E-state index in [-0.39, 0.29) is 18.0 Å². The van der Waals surface area contributed by atoms with Gasteiger partial charge in [-0.1, -0.05) is 12.1 Å². The summed E-state index contributed by atoms with van der Waals surface area (Å²) in [7, 11) is 0. The zero-order valence-electron chi connectivity index (χ0n) is 19.3. The standard InChI is InChI=1S/C24H34N4O3/c1-17-14-18(2)28(26-17)16-19-8-6-9-20(15-19)22(29)25-12-7-13-27(21-10-11-21)23(30)31-24(3,4)5/h6,8-9,14-15,21H,7,10-13,16H2,1-5H3,(H,25,29). The summed E-state index contributed by atoms with van der Waals surface area (Å²) in [4.78, 5) is 26.8. The molecule has 31 heavy (non-hydrogen) atoms. The molecule has 168 valence electrons. The van der Waals surface area contributed by atoms with Crippen molar-refractivity contribution in [3.8, 4) is 0 Å². The predicted octanol–water partition coefficient (Wildman–Crippen LogP) is 4.07. The maximum atomic E-state index is 12.6. The second-order valence-corrected chi connectivity index (χ2v) is 9.30. The van der Waals surface area contributed by atoms with Gasteiger partial charge in [0.1, 0.15) is 5.60 Å². The van der Waals surface area contributed by atoms with E-state index in [0.717, 1.165) is 29.8 Å². The number of carbonyl (C=O) groups is 2. The van der Waals surface area contributed by atoms with Crippen LogP contribution in [0.25, 0.3) is 0 Å². The fourth-order valence-electron chi connectivity index (χ4n) is 3.50. The van der Waals surface area contributed by atoms with E-state index in [1.807, 2.05) is 69.6 Å². The Morgan fingerprint density at radius 1 is 1.23 bits per heavy atom. The minimum atomic E-state index is -0.503. The van der Waals surface area contributed by atoms with E-state index in [0.29, 0.717) is 31.6 Å². The van der Waals surface area contributed by atoms with E-state index in [2.05, 4.69) is 10.4 Å². The Hall–Kier alpha value is -2.83. The Morgan fingerprint density at radius 2 is 1.97 bits per heavy atom. The highest BCUT2D eigenvalue weighted by atomic mass is 16.6. The summed E-state index contributed by atoms with van der Waals surface area (Å²) in [6.07, 6.45) is 2.46. The van der Waals surface area contributed by atoms with Gasteiger partial charge in [0.25, 0.3) is 5.91 Å². The molecule has 1 N–H and O–H groups in total. The maximum Gasteiger partial charge on any atom is 0.410 e. The van der Waals surface area contributed by atoms with E-state index in [4.69, 9.17) is 4.74 Å². The highest BCUT2D eigenvalue weighted by Crippen LogP contribution is 2.28. The number of rotatable bonds is 8. The van der Waals surface area contributed by atoms with E-state index in [9.17, 15) is 9.59 Å². The smallest absolute Gasteiger partial charge is 0.410 e. The van der Waals surface area contributed by atoms with Crippen LogP contribution in [0.2, 0.25) is 0 Å². The van der Waals surface area contributed by atoms with Crippen molar-refractivity contribution in [1.29, 1.82) is 0 Å². The molecule has 1 aromatic carbocycles. The first-order valence-electron chi connectivity index (χ1n) is 11.0. The summed E-state index contributed by atoms with van der Waals surface area (Å²) in [5.41, 5.74) is 3.24. The maximum absolute atomic E-state index is 12.6. The first kappa shape index (κ1) is 22.8. The van der Waals surface area contributed by atoms with Crippen molar-refractivity contribution >= 4 is 12.0 Å². The topological polar surface area (TPSA) is 76.5 Å². The van der Waals surface area contributed by atoms with Gasteiger partial charge in [-0.3, -0.25) is 9.48 Å². The number of hydrogen-bond acceptors (Lipinski definition) is 4. The van der Waals surface area contributed by atoms with Gasteiger partial charge >= 0.3 is 6.09 Å². The van der Waals surface area contributed by atoms with E-state index < -0.39 is 5.60 Å². The molecule has 2 amide bonds. The second kappa shape index (κ2) is 9.54. The molecule has 1 aliphatic rings. The third-order valence-electron chi connectivity index (χ3n) is 5.10. The summed E-state index contributed by atoms with van der Waals surface area (Å²) in [5.74, 6) is -0.106. The van der Waals surface area contributed by atoms with Crippen molar-refractivity contribution < 1.29 is 14.3 Å². The molecule has 2 aromatic rings. The molecular formula is C24H34N4O3. The van der Waals surface area contributed by atoms with Crippen molar-refractivity contribution in [2.24, 2.45) is 0 Å². The van der Waals surface area contributed by atoms with Crippen molar-refractivity contribution in [2.45, 2.75) is 72.1 Å². The molecule has 1 heterocycles. The Balaban J connectivity index is 1.49. The average molecular weight is 427 g/mol. The molecule has 0 bridgehead atoms. The molecule has 1 aromatic heterocycles. The number of aromatic nitrogens is 2. The van der Waals surface area contributed by atoms with Crippen LogP contribution in [0, 0.1) is 13.8 Å². The summed E-state index contributed by atoms with van der Waals surface area (Å²) in [5, 5.41) is 7.45. The Bertz CT molecular complexity index is 925. The van der Waals surface area contributed by atoms with Gasteiger partial charge < -0.3 is 15.0 Å². The Kier molecular flexibility index (Phi) is 7.03.